The molecule has 0 aliphatic carbocycles. The lowest BCUT2D eigenvalue weighted by Crippen LogP contribution is -2.48. The Labute approximate surface area is 112 Å². The van der Waals surface area contributed by atoms with Gasteiger partial charge in [-0.15, -0.1) is 0 Å². The molecule has 1 heterocycles. The van der Waals surface area contributed by atoms with Crippen molar-refractivity contribution in [2.75, 3.05) is 13.1 Å². The molecule has 0 spiro atoms. The van der Waals surface area contributed by atoms with Crippen LogP contribution in [0, 0.1) is 0 Å². The molecule has 7 nitrogen and oxygen atoms in total. The summed E-state index contributed by atoms with van der Waals surface area (Å²) in [5.74, 6) is -0.416. The van der Waals surface area contributed by atoms with E-state index in [0.717, 1.165) is 12.1 Å². The second-order valence-corrected chi connectivity index (χ2v) is 4.23. The predicted molar refractivity (Wildman–Crippen MR) is 71.2 cm³/mol. The van der Waals surface area contributed by atoms with Crippen molar-refractivity contribution in [2.24, 2.45) is 5.73 Å². The number of carbonyl (C=O) groups is 2. The normalized spacial score (nSPS) is 11.9. The summed E-state index contributed by atoms with van der Waals surface area (Å²) < 4.78 is 0. The highest BCUT2D eigenvalue weighted by atomic mass is 16.2. The Morgan fingerprint density at radius 2 is 2.32 bits per heavy atom. The van der Waals surface area contributed by atoms with Gasteiger partial charge in [-0.2, -0.15) is 0 Å². The van der Waals surface area contributed by atoms with Crippen molar-refractivity contribution in [3.05, 3.63) is 18.2 Å². The zero-order chi connectivity index (χ0) is 14.1. The summed E-state index contributed by atoms with van der Waals surface area (Å²) in [5, 5.41) is 5.46. The summed E-state index contributed by atoms with van der Waals surface area (Å²) in [6.07, 6.45) is 4.61. The average molecular weight is 267 g/mol. The number of nitrogens with one attached hydrogen (secondary N) is 3. The quantitative estimate of drug-likeness (QED) is 0.499. The third-order valence-electron chi connectivity index (χ3n) is 2.55. The van der Waals surface area contributed by atoms with Crippen LogP contribution >= 0.6 is 0 Å². The molecule has 7 heteroatoms. The molecule has 0 unspecified atom stereocenters. The molecule has 19 heavy (non-hydrogen) atoms. The molecule has 0 aliphatic rings. The smallest absolute Gasteiger partial charge is 0.242 e. The minimum atomic E-state index is -0.606. The van der Waals surface area contributed by atoms with Gasteiger partial charge in [-0.25, -0.2) is 4.98 Å². The molecule has 0 aromatic carbocycles. The number of carbonyl (C=O) groups excluding carboxylic acids is 2. The molecule has 2 amide bonds. The first-order valence-electron chi connectivity index (χ1n) is 6.41. The molecule has 1 aromatic heterocycles. The Hall–Kier alpha value is -1.89. The van der Waals surface area contributed by atoms with Crippen molar-refractivity contribution < 1.29 is 9.59 Å². The van der Waals surface area contributed by atoms with Gasteiger partial charge in [0.25, 0.3) is 0 Å². The summed E-state index contributed by atoms with van der Waals surface area (Å²) in [6.45, 7) is 2.82. The SMILES string of the molecule is CCCNC(=O)[C@H](Cc1cnc[nH]1)NC(=O)CCN. The van der Waals surface area contributed by atoms with Gasteiger partial charge in [0.1, 0.15) is 6.04 Å². The molecule has 0 aliphatic heterocycles. The van der Waals surface area contributed by atoms with Crippen molar-refractivity contribution in [1.82, 2.24) is 20.6 Å². The van der Waals surface area contributed by atoms with Crippen molar-refractivity contribution in [1.29, 1.82) is 0 Å². The van der Waals surface area contributed by atoms with Crippen molar-refractivity contribution >= 4 is 11.8 Å². The van der Waals surface area contributed by atoms with Crippen LogP contribution in [0.25, 0.3) is 0 Å². The number of nitrogens with two attached hydrogens (primary N) is 1. The van der Waals surface area contributed by atoms with E-state index in [1.54, 1.807) is 6.20 Å². The summed E-state index contributed by atoms with van der Waals surface area (Å²) in [5.41, 5.74) is 6.12. The Kier molecular flexibility index (Phi) is 6.59. The summed E-state index contributed by atoms with van der Waals surface area (Å²) in [6, 6.07) is -0.606. The Morgan fingerprint density at radius 3 is 2.89 bits per heavy atom. The first kappa shape index (κ1) is 15.2. The predicted octanol–water partition coefficient (Wildman–Crippen LogP) is -0.688. The van der Waals surface area contributed by atoms with E-state index in [-0.39, 0.29) is 24.8 Å². The van der Waals surface area contributed by atoms with Crippen molar-refractivity contribution in [3.8, 4) is 0 Å². The Balaban J connectivity index is 2.61. The van der Waals surface area contributed by atoms with Crippen LogP contribution in [0.3, 0.4) is 0 Å². The van der Waals surface area contributed by atoms with E-state index >= 15 is 0 Å². The molecule has 0 fully saturated rings. The van der Waals surface area contributed by atoms with Gasteiger partial charge < -0.3 is 21.4 Å². The first-order chi connectivity index (χ1) is 9.17. The largest absolute Gasteiger partial charge is 0.354 e. The van der Waals surface area contributed by atoms with E-state index in [2.05, 4.69) is 20.6 Å². The van der Waals surface area contributed by atoms with Crippen LogP contribution in [0.15, 0.2) is 12.5 Å². The third-order valence-corrected chi connectivity index (χ3v) is 2.55. The maximum Gasteiger partial charge on any atom is 0.242 e. The number of amides is 2. The molecule has 106 valence electrons. The summed E-state index contributed by atoms with van der Waals surface area (Å²) >= 11 is 0. The van der Waals surface area contributed by atoms with Gasteiger partial charge in [0, 0.05) is 37.8 Å². The topological polar surface area (TPSA) is 113 Å². The van der Waals surface area contributed by atoms with Crippen LogP contribution in [0.2, 0.25) is 0 Å². The molecular weight excluding hydrogens is 246 g/mol. The van der Waals surface area contributed by atoms with Crippen molar-refractivity contribution in [2.45, 2.75) is 32.2 Å². The number of nitrogens with zero attached hydrogens (tertiary/aromatic N) is 1. The van der Waals surface area contributed by atoms with E-state index in [1.807, 2.05) is 6.92 Å². The number of imidazole rings is 1. The molecule has 0 bridgehead atoms. The Bertz CT molecular complexity index is 391. The lowest BCUT2D eigenvalue weighted by atomic mass is 10.1. The summed E-state index contributed by atoms with van der Waals surface area (Å²) in [4.78, 5) is 30.3. The van der Waals surface area contributed by atoms with E-state index in [9.17, 15) is 9.59 Å². The number of rotatable bonds is 8. The van der Waals surface area contributed by atoms with Crippen LogP contribution < -0.4 is 16.4 Å². The van der Waals surface area contributed by atoms with Crippen LogP contribution in [0.4, 0.5) is 0 Å². The fourth-order valence-corrected chi connectivity index (χ4v) is 1.59. The monoisotopic (exact) mass is 267 g/mol. The van der Waals surface area contributed by atoms with Gasteiger partial charge in [0.2, 0.25) is 11.8 Å². The molecule has 0 saturated carbocycles. The fraction of sp³-hybridized carbons (Fsp3) is 0.583. The fourth-order valence-electron chi connectivity index (χ4n) is 1.59. The maximum absolute atomic E-state index is 12.0. The standard InChI is InChI=1S/C12H21N5O2/c1-2-5-15-12(19)10(17-11(18)3-4-13)6-9-7-14-8-16-9/h7-8,10H,2-6,13H2,1H3,(H,14,16)(H,15,19)(H,17,18)/t10-/m0/s1. The highest BCUT2D eigenvalue weighted by Crippen LogP contribution is 1.99. The summed E-state index contributed by atoms with van der Waals surface area (Å²) in [7, 11) is 0. The van der Waals surface area contributed by atoms with E-state index < -0.39 is 6.04 Å². The van der Waals surface area contributed by atoms with Gasteiger partial charge >= 0.3 is 0 Å². The van der Waals surface area contributed by atoms with Gasteiger partial charge in [0.15, 0.2) is 0 Å². The van der Waals surface area contributed by atoms with Crippen molar-refractivity contribution in [3.63, 3.8) is 0 Å². The second kappa shape index (κ2) is 8.25. The van der Waals surface area contributed by atoms with Gasteiger partial charge in [0.05, 0.1) is 6.33 Å². The third kappa shape index (κ3) is 5.52. The molecule has 1 rings (SSSR count). The maximum atomic E-state index is 12.0. The number of hydrogen-bond donors (Lipinski definition) is 4. The minimum absolute atomic E-state index is 0.193. The van der Waals surface area contributed by atoms with Crippen LogP contribution in [-0.4, -0.2) is 40.9 Å². The van der Waals surface area contributed by atoms with Crippen LogP contribution in [0.5, 0.6) is 0 Å². The molecular formula is C12H21N5O2. The number of aromatic nitrogens is 2. The lowest BCUT2D eigenvalue weighted by Gasteiger charge is -2.17. The van der Waals surface area contributed by atoms with Crippen LogP contribution in [0.1, 0.15) is 25.5 Å². The minimum Gasteiger partial charge on any atom is -0.354 e. The first-order valence-corrected chi connectivity index (χ1v) is 6.41. The molecule has 0 saturated heterocycles. The highest BCUT2D eigenvalue weighted by Gasteiger charge is 2.20. The zero-order valence-corrected chi connectivity index (χ0v) is 11.1. The lowest BCUT2D eigenvalue weighted by molar-refractivity contribution is -0.128. The van der Waals surface area contributed by atoms with E-state index in [1.165, 1.54) is 6.33 Å². The van der Waals surface area contributed by atoms with E-state index in [0.29, 0.717) is 13.0 Å². The number of hydrogen-bond acceptors (Lipinski definition) is 4. The number of aromatic amines is 1. The van der Waals surface area contributed by atoms with Gasteiger partial charge in [-0.1, -0.05) is 6.92 Å². The van der Waals surface area contributed by atoms with E-state index in [4.69, 9.17) is 5.73 Å². The molecule has 0 radical (unpaired) electrons. The Morgan fingerprint density at radius 1 is 1.53 bits per heavy atom. The molecule has 5 N–H and O–H groups in total. The zero-order valence-electron chi connectivity index (χ0n) is 11.1. The van der Waals surface area contributed by atoms with Crippen LogP contribution in [-0.2, 0) is 16.0 Å². The van der Waals surface area contributed by atoms with Gasteiger partial charge in [-0.05, 0) is 6.42 Å². The molecule has 1 aromatic rings. The molecule has 1 atom stereocenters. The average Bonchev–Trinajstić information content (AvgIpc) is 2.88. The number of H-pyrrole nitrogens is 1. The van der Waals surface area contributed by atoms with Gasteiger partial charge in [-0.3, -0.25) is 9.59 Å². The second-order valence-electron chi connectivity index (χ2n) is 4.23. The highest BCUT2D eigenvalue weighted by molar-refractivity contribution is 5.87.